The molecule has 2 aromatic rings. The lowest BCUT2D eigenvalue weighted by Gasteiger charge is -2.23. The Kier molecular flexibility index (Phi) is 4.01. The number of rotatable bonds is 5. The average molecular weight is 304 g/mol. The van der Waals surface area contributed by atoms with Crippen LogP contribution in [0.25, 0.3) is 0 Å². The maximum Gasteiger partial charge on any atom is 0.0981 e. The standard InChI is InChI=1S/C15H24N6O/c1-12(2)21-9-14(13(3)17-21)8-19-6-4-15(22,10-19)11-20-7-5-16-18-20/h5,7,9,12,22H,4,6,8,10-11H2,1-3H3. The Morgan fingerprint density at radius 2 is 2.23 bits per heavy atom. The lowest BCUT2D eigenvalue weighted by atomic mass is 10.0. The van der Waals surface area contributed by atoms with E-state index in [1.54, 1.807) is 17.1 Å². The highest BCUT2D eigenvalue weighted by atomic mass is 16.3. The number of likely N-dealkylation sites (tertiary alicyclic amines) is 1. The molecule has 1 aliphatic heterocycles. The number of hydrogen-bond donors (Lipinski definition) is 1. The molecular formula is C15H24N6O. The first-order valence-corrected chi connectivity index (χ1v) is 7.79. The van der Waals surface area contributed by atoms with Crippen LogP contribution in [0.15, 0.2) is 18.6 Å². The Hall–Kier alpha value is -1.73. The lowest BCUT2D eigenvalue weighted by molar-refractivity contribution is 0.0274. The molecule has 22 heavy (non-hydrogen) atoms. The van der Waals surface area contributed by atoms with Gasteiger partial charge in [0, 0.05) is 43.6 Å². The quantitative estimate of drug-likeness (QED) is 0.892. The van der Waals surface area contributed by atoms with Crippen LogP contribution in [0.1, 0.15) is 37.6 Å². The summed E-state index contributed by atoms with van der Waals surface area (Å²) in [6, 6.07) is 0.371. The lowest BCUT2D eigenvalue weighted by Crippen LogP contribution is -2.37. The van der Waals surface area contributed by atoms with E-state index < -0.39 is 5.60 Å². The molecule has 0 bridgehead atoms. The van der Waals surface area contributed by atoms with Crippen LogP contribution in [0.5, 0.6) is 0 Å². The Labute approximate surface area is 130 Å². The van der Waals surface area contributed by atoms with Gasteiger partial charge >= 0.3 is 0 Å². The molecule has 1 unspecified atom stereocenters. The molecule has 0 spiro atoms. The highest BCUT2D eigenvalue weighted by Gasteiger charge is 2.36. The minimum absolute atomic E-state index is 0.371. The van der Waals surface area contributed by atoms with Crippen molar-refractivity contribution >= 4 is 0 Å². The predicted molar refractivity (Wildman–Crippen MR) is 82.2 cm³/mol. The van der Waals surface area contributed by atoms with Crippen molar-refractivity contribution in [3.05, 3.63) is 29.8 Å². The summed E-state index contributed by atoms with van der Waals surface area (Å²) in [6.07, 6.45) is 6.30. The zero-order valence-electron chi connectivity index (χ0n) is 13.5. The largest absolute Gasteiger partial charge is 0.387 e. The molecule has 1 atom stereocenters. The Morgan fingerprint density at radius 1 is 1.41 bits per heavy atom. The molecule has 0 aliphatic carbocycles. The van der Waals surface area contributed by atoms with E-state index in [9.17, 15) is 5.11 Å². The molecule has 1 saturated heterocycles. The molecule has 0 amide bonds. The first kappa shape index (κ1) is 15.2. The van der Waals surface area contributed by atoms with E-state index in [0.29, 0.717) is 19.1 Å². The van der Waals surface area contributed by atoms with Crippen molar-refractivity contribution in [1.82, 2.24) is 29.7 Å². The molecule has 7 nitrogen and oxygen atoms in total. The molecule has 120 valence electrons. The third-order valence-corrected chi connectivity index (χ3v) is 4.28. The van der Waals surface area contributed by atoms with Crippen molar-refractivity contribution in [2.45, 2.75) is 51.9 Å². The number of aliphatic hydroxyl groups is 1. The van der Waals surface area contributed by atoms with E-state index in [1.165, 1.54) is 5.56 Å². The van der Waals surface area contributed by atoms with Gasteiger partial charge in [-0.05, 0) is 27.2 Å². The van der Waals surface area contributed by atoms with E-state index in [2.05, 4.69) is 40.4 Å². The zero-order valence-corrected chi connectivity index (χ0v) is 13.5. The molecule has 1 N–H and O–H groups in total. The van der Waals surface area contributed by atoms with Gasteiger partial charge in [-0.25, -0.2) is 4.68 Å². The van der Waals surface area contributed by atoms with Gasteiger partial charge in [0.1, 0.15) is 0 Å². The minimum atomic E-state index is -0.727. The van der Waals surface area contributed by atoms with Gasteiger partial charge in [0.2, 0.25) is 0 Å². The topological polar surface area (TPSA) is 72.0 Å². The highest BCUT2D eigenvalue weighted by molar-refractivity contribution is 5.16. The van der Waals surface area contributed by atoms with Gasteiger partial charge in [0.05, 0.1) is 24.0 Å². The number of nitrogens with zero attached hydrogens (tertiary/aromatic N) is 6. The molecular weight excluding hydrogens is 280 g/mol. The molecule has 3 heterocycles. The second-order valence-corrected chi connectivity index (χ2v) is 6.60. The van der Waals surface area contributed by atoms with Crippen molar-refractivity contribution in [3.8, 4) is 0 Å². The third kappa shape index (κ3) is 3.20. The van der Waals surface area contributed by atoms with Crippen molar-refractivity contribution in [2.24, 2.45) is 0 Å². The summed E-state index contributed by atoms with van der Waals surface area (Å²) in [5, 5.41) is 23.0. The summed E-state index contributed by atoms with van der Waals surface area (Å²) in [6.45, 7) is 9.17. The van der Waals surface area contributed by atoms with Gasteiger partial charge in [0.15, 0.2) is 0 Å². The van der Waals surface area contributed by atoms with Gasteiger partial charge in [0.25, 0.3) is 0 Å². The normalized spacial score (nSPS) is 22.8. The monoisotopic (exact) mass is 304 g/mol. The number of β-amino-alcohol motifs (C(OH)–C–C–N with tert-alkyl or cyclic N) is 1. The fraction of sp³-hybridized carbons (Fsp3) is 0.667. The molecule has 0 saturated carbocycles. The predicted octanol–water partition coefficient (Wildman–Crippen LogP) is 1.00. The van der Waals surface area contributed by atoms with Gasteiger partial charge in [-0.1, -0.05) is 5.21 Å². The minimum Gasteiger partial charge on any atom is -0.387 e. The second kappa shape index (κ2) is 5.81. The fourth-order valence-corrected chi connectivity index (χ4v) is 3.00. The molecule has 0 radical (unpaired) electrons. The first-order chi connectivity index (χ1) is 10.5. The molecule has 1 aliphatic rings. The van der Waals surface area contributed by atoms with Crippen molar-refractivity contribution < 1.29 is 5.11 Å². The molecule has 3 rings (SSSR count). The summed E-state index contributed by atoms with van der Waals surface area (Å²) in [5.74, 6) is 0. The van der Waals surface area contributed by atoms with Crippen LogP contribution in [0, 0.1) is 6.92 Å². The highest BCUT2D eigenvalue weighted by Crippen LogP contribution is 2.25. The summed E-state index contributed by atoms with van der Waals surface area (Å²) in [7, 11) is 0. The number of aromatic nitrogens is 5. The van der Waals surface area contributed by atoms with E-state index >= 15 is 0 Å². The second-order valence-electron chi connectivity index (χ2n) is 6.60. The maximum absolute atomic E-state index is 10.7. The molecule has 2 aromatic heterocycles. The van der Waals surface area contributed by atoms with E-state index in [0.717, 1.165) is 25.2 Å². The third-order valence-electron chi connectivity index (χ3n) is 4.28. The van der Waals surface area contributed by atoms with Crippen LogP contribution in [-0.4, -0.2) is 53.5 Å². The summed E-state index contributed by atoms with van der Waals surface area (Å²) in [5.41, 5.74) is 1.58. The van der Waals surface area contributed by atoms with Crippen LogP contribution in [0.3, 0.4) is 0 Å². The van der Waals surface area contributed by atoms with E-state index in [4.69, 9.17) is 0 Å². The Balaban J connectivity index is 1.63. The average Bonchev–Trinajstić information content (AvgIpc) is 3.14. The fourth-order valence-electron chi connectivity index (χ4n) is 3.00. The summed E-state index contributed by atoms with van der Waals surface area (Å²) < 4.78 is 3.70. The van der Waals surface area contributed by atoms with Gasteiger partial charge in [-0.2, -0.15) is 5.10 Å². The molecule has 7 heteroatoms. The molecule has 0 aromatic carbocycles. The van der Waals surface area contributed by atoms with Gasteiger partial charge in [-0.3, -0.25) is 9.58 Å². The number of hydrogen-bond acceptors (Lipinski definition) is 5. The van der Waals surface area contributed by atoms with E-state index in [1.807, 2.05) is 11.6 Å². The SMILES string of the molecule is Cc1nn(C(C)C)cc1CN1CCC(O)(Cn2ccnn2)C1. The number of aryl methyl sites for hydroxylation is 1. The van der Waals surface area contributed by atoms with Crippen molar-refractivity contribution in [2.75, 3.05) is 13.1 Å². The Morgan fingerprint density at radius 3 is 2.86 bits per heavy atom. The first-order valence-electron chi connectivity index (χ1n) is 7.79. The summed E-state index contributed by atoms with van der Waals surface area (Å²) in [4.78, 5) is 2.28. The van der Waals surface area contributed by atoms with E-state index in [-0.39, 0.29) is 0 Å². The van der Waals surface area contributed by atoms with Crippen LogP contribution < -0.4 is 0 Å². The van der Waals surface area contributed by atoms with Crippen LogP contribution in [0.2, 0.25) is 0 Å². The molecule has 1 fully saturated rings. The van der Waals surface area contributed by atoms with Crippen molar-refractivity contribution in [1.29, 1.82) is 0 Å². The Bertz CT molecular complexity index is 620. The maximum atomic E-state index is 10.7. The van der Waals surface area contributed by atoms with Crippen molar-refractivity contribution in [3.63, 3.8) is 0 Å². The van der Waals surface area contributed by atoms with Gasteiger partial charge in [-0.15, -0.1) is 5.10 Å². The van der Waals surface area contributed by atoms with Crippen LogP contribution in [-0.2, 0) is 13.1 Å². The van der Waals surface area contributed by atoms with Crippen LogP contribution in [0.4, 0.5) is 0 Å². The summed E-state index contributed by atoms with van der Waals surface area (Å²) >= 11 is 0. The zero-order chi connectivity index (χ0) is 15.7. The van der Waals surface area contributed by atoms with Crippen LogP contribution >= 0.6 is 0 Å². The smallest absolute Gasteiger partial charge is 0.0981 e. The van der Waals surface area contributed by atoms with Gasteiger partial charge < -0.3 is 5.11 Å².